The number of para-hydroxylation sites is 1. The molecule has 0 unspecified atom stereocenters. The molecule has 3 aromatic rings. The van der Waals surface area contributed by atoms with Crippen molar-refractivity contribution in [2.24, 2.45) is 0 Å². The van der Waals surface area contributed by atoms with Crippen LogP contribution in [0, 0.1) is 6.92 Å². The molecule has 0 bridgehead atoms. The van der Waals surface area contributed by atoms with Crippen LogP contribution >= 0.6 is 11.3 Å². The van der Waals surface area contributed by atoms with Crippen molar-refractivity contribution in [3.8, 4) is 5.69 Å². The highest BCUT2D eigenvalue weighted by molar-refractivity contribution is 7.20. The molecule has 2 heterocycles. The zero-order chi connectivity index (χ0) is 18.1. The summed E-state index contributed by atoms with van der Waals surface area (Å²) in [6.45, 7) is 5.21. The molecular weight excluding hydrogens is 338 g/mol. The SMILES string of the molecule is Cc1nn(-c2ccccc2)c2sc(C(=O)N(CC(=O)O)C(C)C)cc12. The van der Waals surface area contributed by atoms with Crippen molar-refractivity contribution < 1.29 is 14.7 Å². The number of carboxylic acid groups (broad SMARTS) is 1. The minimum absolute atomic E-state index is 0.194. The van der Waals surface area contributed by atoms with Crippen LogP contribution in [0.25, 0.3) is 15.9 Å². The van der Waals surface area contributed by atoms with Gasteiger partial charge in [0.1, 0.15) is 11.4 Å². The predicted molar refractivity (Wildman–Crippen MR) is 97.5 cm³/mol. The molecule has 0 atom stereocenters. The molecule has 2 aromatic heterocycles. The van der Waals surface area contributed by atoms with Crippen LogP contribution < -0.4 is 0 Å². The maximum atomic E-state index is 12.8. The molecule has 130 valence electrons. The second kappa shape index (κ2) is 6.68. The third kappa shape index (κ3) is 3.28. The Morgan fingerprint density at radius 1 is 1.28 bits per heavy atom. The summed E-state index contributed by atoms with van der Waals surface area (Å²) < 4.78 is 1.82. The van der Waals surface area contributed by atoms with Gasteiger partial charge in [0.05, 0.1) is 16.3 Å². The minimum atomic E-state index is -1.02. The van der Waals surface area contributed by atoms with Crippen LogP contribution in [-0.2, 0) is 4.79 Å². The number of benzene rings is 1. The van der Waals surface area contributed by atoms with E-state index in [0.717, 1.165) is 21.6 Å². The smallest absolute Gasteiger partial charge is 0.323 e. The van der Waals surface area contributed by atoms with Gasteiger partial charge in [0.25, 0.3) is 5.91 Å². The Bertz CT molecular complexity index is 928. The molecule has 0 saturated heterocycles. The molecule has 0 aliphatic rings. The summed E-state index contributed by atoms with van der Waals surface area (Å²) in [6, 6.07) is 11.3. The van der Waals surface area contributed by atoms with Crippen LogP contribution in [0.3, 0.4) is 0 Å². The van der Waals surface area contributed by atoms with E-state index in [1.165, 1.54) is 16.2 Å². The third-order valence-corrected chi connectivity index (χ3v) is 5.04. The van der Waals surface area contributed by atoms with Gasteiger partial charge in [-0.2, -0.15) is 5.10 Å². The lowest BCUT2D eigenvalue weighted by molar-refractivity contribution is -0.138. The number of aliphatic carboxylic acids is 1. The molecular formula is C18H19N3O3S. The van der Waals surface area contributed by atoms with Crippen molar-refractivity contribution in [1.29, 1.82) is 0 Å². The number of carbonyl (C=O) groups is 2. The number of aromatic nitrogens is 2. The van der Waals surface area contributed by atoms with Gasteiger partial charge in [0.15, 0.2) is 0 Å². The first-order valence-corrected chi connectivity index (χ1v) is 8.77. The number of nitrogens with zero attached hydrogens (tertiary/aromatic N) is 3. The first-order valence-electron chi connectivity index (χ1n) is 7.96. The number of thiophene rings is 1. The van der Waals surface area contributed by atoms with E-state index < -0.39 is 5.97 Å². The van der Waals surface area contributed by atoms with Gasteiger partial charge in [-0.3, -0.25) is 9.59 Å². The van der Waals surface area contributed by atoms with Crippen LogP contribution in [0.15, 0.2) is 36.4 Å². The molecule has 0 aliphatic carbocycles. The average Bonchev–Trinajstić information content (AvgIpc) is 3.13. The Morgan fingerprint density at radius 2 is 1.96 bits per heavy atom. The number of aryl methyl sites for hydroxylation is 1. The lowest BCUT2D eigenvalue weighted by atomic mass is 10.2. The maximum absolute atomic E-state index is 12.8. The number of hydrogen-bond acceptors (Lipinski definition) is 4. The lowest BCUT2D eigenvalue weighted by Gasteiger charge is -2.24. The number of hydrogen-bond donors (Lipinski definition) is 1. The van der Waals surface area contributed by atoms with Gasteiger partial charge in [0, 0.05) is 11.4 Å². The van der Waals surface area contributed by atoms with E-state index in [1.54, 1.807) is 6.07 Å². The van der Waals surface area contributed by atoms with Crippen molar-refractivity contribution in [3.05, 3.63) is 47.0 Å². The fraction of sp³-hybridized carbons (Fsp3) is 0.278. The van der Waals surface area contributed by atoms with E-state index in [-0.39, 0.29) is 18.5 Å². The second-order valence-electron chi connectivity index (χ2n) is 6.08. The molecule has 1 N–H and O–H groups in total. The average molecular weight is 357 g/mol. The Morgan fingerprint density at radius 3 is 2.56 bits per heavy atom. The number of rotatable bonds is 5. The highest BCUT2D eigenvalue weighted by atomic mass is 32.1. The van der Waals surface area contributed by atoms with Gasteiger partial charge < -0.3 is 10.0 Å². The molecule has 0 fully saturated rings. The molecule has 7 heteroatoms. The van der Waals surface area contributed by atoms with Crippen LogP contribution in [0.4, 0.5) is 0 Å². The Kier molecular flexibility index (Phi) is 4.59. The largest absolute Gasteiger partial charge is 0.480 e. The van der Waals surface area contributed by atoms with Crippen molar-refractivity contribution >= 4 is 33.4 Å². The van der Waals surface area contributed by atoms with E-state index in [9.17, 15) is 9.59 Å². The summed E-state index contributed by atoms with van der Waals surface area (Å²) in [5.74, 6) is -1.28. The summed E-state index contributed by atoms with van der Waals surface area (Å²) in [7, 11) is 0. The van der Waals surface area contributed by atoms with E-state index >= 15 is 0 Å². The molecule has 1 aromatic carbocycles. The van der Waals surface area contributed by atoms with Crippen LogP contribution in [0.2, 0.25) is 0 Å². The zero-order valence-electron chi connectivity index (χ0n) is 14.3. The van der Waals surface area contributed by atoms with Crippen molar-refractivity contribution in [2.45, 2.75) is 26.8 Å². The summed E-state index contributed by atoms with van der Waals surface area (Å²) in [5, 5.41) is 14.5. The molecule has 0 aliphatic heterocycles. The molecule has 1 amide bonds. The first-order chi connectivity index (χ1) is 11.9. The highest BCUT2D eigenvalue weighted by Crippen LogP contribution is 2.31. The van der Waals surface area contributed by atoms with Gasteiger partial charge in [-0.25, -0.2) is 4.68 Å². The fourth-order valence-corrected chi connectivity index (χ4v) is 3.81. The summed E-state index contributed by atoms with van der Waals surface area (Å²) in [6.07, 6.45) is 0. The molecule has 3 rings (SSSR count). The monoisotopic (exact) mass is 357 g/mol. The summed E-state index contributed by atoms with van der Waals surface area (Å²) in [5.41, 5.74) is 1.76. The standard InChI is InChI=1S/C18H19N3O3S/c1-11(2)20(10-16(22)23)17(24)15-9-14-12(3)19-21(18(14)25-15)13-7-5-4-6-8-13/h4-9,11H,10H2,1-3H3,(H,22,23). The molecule has 6 nitrogen and oxygen atoms in total. The fourth-order valence-electron chi connectivity index (χ4n) is 2.67. The Hall–Kier alpha value is -2.67. The van der Waals surface area contributed by atoms with Crippen LogP contribution in [-0.4, -0.2) is 44.3 Å². The van der Waals surface area contributed by atoms with Crippen molar-refractivity contribution in [2.75, 3.05) is 6.54 Å². The third-order valence-electron chi connectivity index (χ3n) is 3.95. The van der Waals surface area contributed by atoms with Crippen molar-refractivity contribution in [3.63, 3.8) is 0 Å². The predicted octanol–water partition coefficient (Wildman–Crippen LogP) is 3.33. The van der Waals surface area contributed by atoms with Gasteiger partial charge in [0.2, 0.25) is 0 Å². The Balaban J connectivity index is 2.04. The number of amides is 1. The number of fused-ring (bicyclic) bond motifs is 1. The van der Waals surface area contributed by atoms with Crippen LogP contribution in [0.5, 0.6) is 0 Å². The highest BCUT2D eigenvalue weighted by Gasteiger charge is 2.24. The topological polar surface area (TPSA) is 75.4 Å². The summed E-state index contributed by atoms with van der Waals surface area (Å²) >= 11 is 1.34. The zero-order valence-corrected chi connectivity index (χ0v) is 15.1. The minimum Gasteiger partial charge on any atom is -0.480 e. The van der Waals surface area contributed by atoms with Gasteiger partial charge in [-0.1, -0.05) is 18.2 Å². The molecule has 0 radical (unpaired) electrons. The normalized spacial score (nSPS) is 11.2. The van der Waals surface area contributed by atoms with Gasteiger partial charge in [-0.05, 0) is 39.0 Å². The van der Waals surface area contributed by atoms with E-state index in [4.69, 9.17) is 5.11 Å². The van der Waals surface area contributed by atoms with Crippen LogP contribution in [0.1, 0.15) is 29.2 Å². The lowest BCUT2D eigenvalue weighted by Crippen LogP contribution is -2.40. The Labute approximate surface area is 149 Å². The van der Waals surface area contributed by atoms with Crippen molar-refractivity contribution in [1.82, 2.24) is 14.7 Å². The first kappa shape index (κ1) is 17.2. The maximum Gasteiger partial charge on any atom is 0.323 e. The molecule has 0 saturated carbocycles. The molecule has 25 heavy (non-hydrogen) atoms. The molecule has 0 spiro atoms. The quantitative estimate of drug-likeness (QED) is 0.760. The van der Waals surface area contributed by atoms with Gasteiger partial charge in [-0.15, -0.1) is 11.3 Å². The van der Waals surface area contributed by atoms with E-state index in [2.05, 4.69) is 5.10 Å². The van der Waals surface area contributed by atoms with E-state index in [0.29, 0.717) is 4.88 Å². The number of carboxylic acids is 1. The number of carbonyl (C=O) groups excluding carboxylic acids is 1. The second-order valence-corrected chi connectivity index (χ2v) is 7.11. The summed E-state index contributed by atoms with van der Waals surface area (Å²) in [4.78, 5) is 26.6. The van der Waals surface area contributed by atoms with Gasteiger partial charge >= 0.3 is 5.97 Å². The van der Waals surface area contributed by atoms with E-state index in [1.807, 2.05) is 55.8 Å².